The highest BCUT2D eigenvalue weighted by molar-refractivity contribution is 5.77. The number of aliphatic hydroxyl groups is 1. The Bertz CT molecular complexity index is 874. The van der Waals surface area contributed by atoms with Crippen LogP contribution in [0.5, 0.6) is 0 Å². The van der Waals surface area contributed by atoms with Crippen molar-refractivity contribution in [3.05, 3.63) is 57.0 Å². The molecule has 6 nitrogen and oxygen atoms in total. The van der Waals surface area contributed by atoms with Crippen molar-refractivity contribution in [2.75, 3.05) is 0 Å². The van der Waals surface area contributed by atoms with Crippen LogP contribution in [0.3, 0.4) is 0 Å². The molecule has 146 valence electrons. The van der Waals surface area contributed by atoms with Crippen LogP contribution in [0.15, 0.2) is 29.1 Å². The van der Waals surface area contributed by atoms with Gasteiger partial charge in [-0.15, -0.1) is 0 Å². The third-order valence-electron chi connectivity index (χ3n) is 5.31. The highest BCUT2D eigenvalue weighted by Crippen LogP contribution is 2.44. The first-order valence-electron chi connectivity index (χ1n) is 9.44. The van der Waals surface area contributed by atoms with Gasteiger partial charge in [-0.05, 0) is 37.8 Å². The molecule has 3 atom stereocenters. The van der Waals surface area contributed by atoms with E-state index >= 15 is 0 Å². The molecule has 0 fully saturated rings. The molecule has 3 rings (SSSR count). The van der Waals surface area contributed by atoms with Crippen LogP contribution in [0.25, 0.3) is 0 Å². The number of fused-ring (bicyclic) bond motifs is 1. The van der Waals surface area contributed by atoms with Gasteiger partial charge < -0.3 is 14.9 Å². The maximum Gasteiger partial charge on any atom is 0.313 e. The van der Waals surface area contributed by atoms with E-state index < -0.39 is 23.4 Å². The van der Waals surface area contributed by atoms with Crippen molar-refractivity contribution in [1.29, 1.82) is 0 Å². The minimum Gasteiger partial charge on any atom is -0.463 e. The monoisotopic (exact) mass is 372 g/mol. The molecule has 0 saturated heterocycles. The number of benzene rings is 1. The van der Waals surface area contributed by atoms with Gasteiger partial charge in [-0.3, -0.25) is 14.7 Å². The number of hydrogen-bond acceptors (Lipinski definition) is 4. The molecule has 6 heteroatoms. The fourth-order valence-electron chi connectivity index (χ4n) is 4.01. The van der Waals surface area contributed by atoms with Crippen molar-refractivity contribution in [3.8, 4) is 0 Å². The third kappa shape index (κ3) is 3.58. The van der Waals surface area contributed by atoms with Gasteiger partial charge in [-0.2, -0.15) is 0 Å². The summed E-state index contributed by atoms with van der Waals surface area (Å²) in [6.07, 6.45) is -0.123. The van der Waals surface area contributed by atoms with E-state index in [1.165, 1.54) is 5.56 Å². The summed E-state index contributed by atoms with van der Waals surface area (Å²) in [4.78, 5) is 25.4. The number of rotatable bonds is 4. The highest BCUT2D eigenvalue weighted by Gasteiger charge is 2.51. The second kappa shape index (κ2) is 7.00. The Morgan fingerprint density at radius 2 is 1.81 bits per heavy atom. The Hall–Kier alpha value is -2.34. The fourth-order valence-corrected chi connectivity index (χ4v) is 4.01. The minimum absolute atomic E-state index is 0.180. The van der Waals surface area contributed by atoms with Crippen molar-refractivity contribution in [3.63, 3.8) is 0 Å². The molecule has 1 aliphatic rings. The first-order valence-corrected chi connectivity index (χ1v) is 9.44. The summed E-state index contributed by atoms with van der Waals surface area (Å²) in [6, 6.07) is 7.89. The Kier molecular flexibility index (Phi) is 5.04. The van der Waals surface area contributed by atoms with Crippen LogP contribution in [0.2, 0.25) is 0 Å². The fraction of sp³-hybridized carbons (Fsp3) is 0.524. The Balaban J connectivity index is 2.15. The zero-order chi connectivity index (χ0) is 19.9. The lowest BCUT2D eigenvalue weighted by molar-refractivity contribution is -0.163. The van der Waals surface area contributed by atoms with Gasteiger partial charge in [0.15, 0.2) is 0 Å². The van der Waals surface area contributed by atoms with Gasteiger partial charge in [-0.25, -0.2) is 0 Å². The molecule has 27 heavy (non-hydrogen) atoms. The van der Waals surface area contributed by atoms with Crippen molar-refractivity contribution in [1.82, 2.24) is 10.2 Å². The van der Waals surface area contributed by atoms with Gasteiger partial charge >= 0.3 is 5.97 Å². The number of carbonyl (C=O) groups excluding carboxylic acids is 1. The number of aromatic nitrogens is 2. The smallest absolute Gasteiger partial charge is 0.313 e. The number of ether oxygens (including phenoxy) is 1. The highest BCUT2D eigenvalue weighted by atomic mass is 16.5. The lowest BCUT2D eigenvalue weighted by Crippen LogP contribution is -2.50. The van der Waals surface area contributed by atoms with Crippen molar-refractivity contribution < 1.29 is 14.6 Å². The maximum atomic E-state index is 12.9. The first kappa shape index (κ1) is 19.4. The van der Waals surface area contributed by atoms with E-state index in [0.717, 1.165) is 5.56 Å². The molecule has 1 aliphatic carbocycles. The van der Waals surface area contributed by atoms with Gasteiger partial charge in [0.1, 0.15) is 0 Å². The average molecular weight is 372 g/mol. The second-order valence-corrected chi connectivity index (χ2v) is 8.27. The van der Waals surface area contributed by atoms with E-state index in [4.69, 9.17) is 4.74 Å². The van der Waals surface area contributed by atoms with E-state index in [9.17, 15) is 14.7 Å². The zero-order valence-electron chi connectivity index (χ0n) is 16.5. The molecule has 0 aliphatic heterocycles. The molecule has 1 aromatic carbocycles. The van der Waals surface area contributed by atoms with Crippen LogP contribution in [0.1, 0.15) is 68.8 Å². The van der Waals surface area contributed by atoms with Crippen molar-refractivity contribution in [2.24, 2.45) is 5.92 Å². The Morgan fingerprint density at radius 3 is 2.37 bits per heavy atom. The van der Waals surface area contributed by atoms with Crippen LogP contribution in [-0.2, 0) is 16.0 Å². The lowest BCUT2D eigenvalue weighted by atomic mass is 9.66. The SMILES string of the molecule is CC(C)OC(=O)[C@@H]1[C@@H](c2ccc(C(C)C)cc2)c2c([nH][nH]c2=O)C[C@@]1(C)O. The number of esters is 1. The molecule has 1 aromatic heterocycles. The molecule has 0 radical (unpaired) electrons. The van der Waals surface area contributed by atoms with Gasteiger partial charge in [0.2, 0.25) is 0 Å². The van der Waals surface area contributed by atoms with Crippen molar-refractivity contribution in [2.45, 2.75) is 64.6 Å². The summed E-state index contributed by atoms with van der Waals surface area (Å²) in [5.74, 6) is -1.55. The van der Waals surface area contributed by atoms with Gasteiger partial charge in [0, 0.05) is 23.6 Å². The maximum absolute atomic E-state index is 12.9. The van der Waals surface area contributed by atoms with Crippen LogP contribution in [0, 0.1) is 5.92 Å². The first-order chi connectivity index (χ1) is 12.6. The van der Waals surface area contributed by atoms with Gasteiger partial charge in [-0.1, -0.05) is 38.1 Å². The summed E-state index contributed by atoms with van der Waals surface area (Å²) in [7, 11) is 0. The van der Waals surface area contributed by atoms with Crippen LogP contribution in [0.4, 0.5) is 0 Å². The molecule has 0 spiro atoms. The predicted molar refractivity (Wildman–Crippen MR) is 103 cm³/mol. The minimum atomic E-state index is -1.34. The van der Waals surface area contributed by atoms with Crippen LogP contribution >= 0.6 is 0 Å². The van der Waals surface area contributed by atoms with E-state index in [2.05, 4.69) is 24.0 Å². The summed E-state index contributed by atoms with van der Waals surface area (Å²) in [5.41, 5.74) is 1.52. The quantitative estimate of drug-likeness (QED) is 0.719. The summed E-state index contributed by atoms with van der Waals surface area (Å²) in [6.45, 7) is 9.40. The van der Waals surface area contributed by atoms with Crippen LogP contribution < -0.4 is 5.56 Å². The molecular weight excluding hydrogens is 344 g/mol. The largest absolute Gasteiger partial charge is 0.463 e. The summed E-state index contributed by atoms with van der Waals surface area (Å²) >= 11 is 0. The molecule has 3 N–H and O–H groups in total. The molecule has 2 aromatic rings. The number of H-pyrrole nitrogens is 2. The average Bonchev–Trinajstić information content (AvgIpc) is 2.92. The Morgan fingerprint density at radius 1 is 1.19 bits per heavy atom. The van der Waals surface area contributed by atoms with E-state index in [0.29, 0.717) is 17.2 Å². The summed E-state index contributed by atoms with van der Waals surface area (Å²) in [5, 5.41) is 16.6. The number of aromatic amines is 2. The standard InChI is InChI=1S/C21H28N2O4/c1-11(2)13-6-8-14(9-7-13)16-17-15(22-23-19(17)24)10-21(5,26)18(16)20(25)27-12(3)4/h6-9,11-12,16,18,26H,10H2,1-5H3,(H2,22,23,24)/t16-,18-,21+/m0/s1. The van der Waals surface area contributed by atoms with Crippen molar-refractivity contribution >= 4 is 5.97 Å². The second-order valence-electron chi connectivity index (χ2n) is 8.27. The molecule has 0 amide bonds. The zero-order valence-corrected chi connectivity index (χ0v) is 16.5. The third-order valence-corrected chi connectivity index (χ3v) is 5.31. The topological polar surface area (TPSA) is 95.2 Å². The molecule has 0 unspecified atom stereocenters. The number of nitrogens with one attached hydrogen (secondary N) is 2. The van der Waals surface area contributed by atoms with Gasteiger partial charge in [0.05, 0.1) is 17.6 Å². The molecule has 1 heterocycles. The summed E-state index contributed by atoms with van der Waals surface area (Å²) < 4.78 is 5.45. The Labute approximate surface area is 158 Å². The molecular formula is C21H28N2O4. The van der Waals surface area contributed by atoms with E-state index in [-0.39, 0.29) is 18.1 Å². The van der Waals surface area contributed by atoms with E-state index in [1.807, 2.05) is 24.3 Å². The normalized spacial score (nSPS) is 24.9. The lowest BCUT2D eigenvalue weighted by Gasteiger charge is -2.40. The molecule has 0 saturated carbocycles. The predicted octanol–water partition coefficient (Wildman–Crippen LogP) is 2.83. The van der Waals surface area contributed by atoms with Crippen LogP contribution in [-0.4, -0.2) is 33.0 Å². The van der Waals surface area contributed by atoms with Gasteiger partial charge in [0.25, 0.3) is 5.56 Å². The molecule has 0 bridgehead atoms. The number of carbonyl (C=O) groups is 1. The number of hydrogen-bond donors (Lipinski definition) is 3. The van der Waals surface area contributed by atoms with E-state index in [1.54, 1.807) is 20.8 Å².